The number of benzene rings is 1. The van der Waals surface area contributed by atoms with Gasteiger partial charge in [0.25, 0.3) is 0 Å². The predicted octanol–water partition coefficient (Wildman–Crippen LogP) is 3.39. The lowest BCUT2D eigenvalue weighted by atomic mass is 10.2. The Kier molecular flexibility index (Phi) is 6.55. The second kappa shape index (κ2) is 8.97. The summed E-state index contributed by atoms with van der Waals surface area (Å²) in [5, 5.41) is 2.88. The molecule has 0 aliphatic carbocycles. The van der Waals surface area contributed by atoms with Crippen LogP contribution in [0.15, 0.2) is 65.8 Å². The standard InChI is InChI=1S/C17H18N2OS/c20-17(10-9-15-6-4-11-18-14-15)19-12-5-13-21-16-7-2-1-3-8-16/h1-4,6-11,14H,5,12-13H2,(H,19,20)/b10-9+. The molecule has 0 saturated carbocycles. The summed E-state index contributed by atoms with van der Waals surface area (Å²) in [6.45, 7) is 0.691. The van der Waals surface area contributed by atoms with Crippen LogP contribution in [0.3, 0.4) is 0 Å². The first-order valence-electron chi connectivity index (χ1n) is 6.88. The number of hydrogen-bond acceptors (Lipinski definition) is 3. The molecule has 1 aromatic heterocycles. The Morgan fingerprint density at radius 2 is 2.05 bits per heavy atom. The Bertz CT molecular complexity index is 570. The number of thioether (sulfide) groups is 1. The number of amides is 1. The van der Waals surface area contributed by atoms with Gasteiger partial charge in [0, 0.05) is 29.9 Å². The molecule has 108 valence electrons. The molecule has 0 fully saturated rings. The van der Waals surface area contributed by atoms with Crippen LogP contribution in [0.5, 0.6) is 0 Å². The molecular formula is C17H18N2OS. The average molecular weight is 298 g/mol. The molecule has 1 N–H and O–H groups in total. The van der Waals surface area contributed by atoms with Crippen LogP contribution in [0.25, 0.3) is 6.08 Å². The molecule has 0 atom stereocenters. The van der Waals surface area contributed by atoms with Crippen LogP contribution in [0.2, 0.25) is 0 Å². The van der Waals surface area contributed by atoms with Gasteiger partial charge < -0.3 is 5.32 Å². The van der Waals surface area contributed by atoms with Crippen LogP contribution in [-0.2, 0) is 4.79 Å². The highest BCUT2D eigenvalue weighted by Crippen LogP contribution is 2.17. The number of nitrogens with one attached hydrogen (secondary N) is 1. The third-order valence-corrected chi connectivity index (χ3v) is 3.84. The smallest absolute Gasteiger partial charge is 0.244 e. The summed E-state index contributed by atoms with van der Waals surface area (Å²) in [5.74, 6) is 0.930. The van der Waals surface area contributed by atoms with Crippen LogP contribution in [0.4, 0.5) is 0 Å². The fourth-order valence-corrected chi connectivity index (χ4v) is 2.57. The van der Waals surface area contributed by atoms with Crippen molar-refractivity contribution < 1.29 is 4.79 Å². The second-order valence-electron chi connectivity index (χ2n) is 4.43. The second-order valence-corrected chi connectivity index (χ2v) is 5.59. The summed E-state index contributed by atoms with van der Waals surface area (Å²) >= 11 is 1.80. The number of pyridine rings is 1. The minimum atomic E-state index is -0.0661. The first kappa shape index (κ1) is 15.3. The van der Waals surface area contributed by atoms with E-state index in [0.29, 0.717) is 6.54 Å². The van der Waals surface area contributed by atoms with Gasteiger partial charge in [-0.3, -0.25) is 9.78 Å². The maximum Gasteiger partial charge on any atom is 0.244 e. The molecule has 3 nitrogen and oxygen atoms in total. The van der Waals surface area contributed by atoms with Crippen LogP contribution >= 0.6 is 11.8 Å². The summed E-state index contributed by atoms with van der Waals surface area (Å²) in [6, 6.07) is 14.0. The molecule has 1 aromatic carbocycles. The Morgan fingerprint density at radius 3 is 2.81 bits per heavy atom. The fraction of sp³-hybridized carbons (Fsp3) is 0.176. The molecule has 0 aliphatic rings. The van der Waals surface area contributed by atoms with E-state index in [1.165, 1.54) is 4.90 Å². The molecule has 0 spiro atoms. The largest absolute Gasteiger partial charge is 0.353 e. The summed E-state index contributed by atoms with van der Waals surface area (Å²) in [7, 11) is 0. The maximum absolute atomic E-state index is 11.6. The highest BCUT2D eigenvalue weighted by Gasteiger charge is 1.96. The van der Waals surface area contributed by atoms with Gasteiger partial charge in [0.2, 0.25) is 5.91 Å². The SMILES string of the molecule is O=C(/C=C/c1cccnc1)NCCCSc1ccccc1. The van der Waals surface area contributed by atoms with E-state index >= 15 is 0 Å². The number of rotatable bonds is 7. The molecule has 1 amide bonds. The van der Waals surface area contributed by atoms with Crippen molar-refractivity contribution in [3.63, 3.8) is 0 Å². The molecular weight excluding hydrogens is 280 g/mol. The zero-order chi connectivity index (χ0) is 14.8. The minimum Gasteiger partial charge on any atom is -0.353 e. The molecule has 0 unspecified atom stereocenters. The molecule has 0 aliphatic heterocycles. The molecule has 4 heteroatoms. The van der Waals surface area contributed by atoms with E-state index < -0.39 is 0 Å². The number of carbonyl (C=O) groups excluding carboxylic acids is 1. The first-order valence-corrected chi connectivity index (χ1v) is 7.87. The Balaban J connectivity index is 1.60. The van der Waals surface area contributed by atoms with Gasteiger partial charge in [0.1, 0.15) is 0 Å². The normalized spacial score (nSPS) is 10.7. The van der Waals surface area contributed by atoms with E-state index in [-0.39, 0.29) is 5.91 Å². The number of aromatic nitrogens is 1. The van der Waals surface area contributed by atoms with Crippen molar-refractivity contribution in [2.75, 3.05) is 12.3 Å². The predicted molar refractivity (Wildman–Crippen MR) is 88.1 cm³/mol. The number of hydrogen-bond donors (Lipinski definition) is 1. The third-order valence-electron chi connectivity index (χ3n) is 2.74. The Hall–Kier alpha value is -2.07. The van der Waals surface area contributed by atoms with E-state index in [1.54, 1.807) is 36.3 Å². The van der Waals surface area contributed by atoms with Gasteiger partial charge in [-0.1, -0.05) is 24.3 Å². The van der Waals surface area contributed by atoms with Crippen molar-refractivity contribution in [2.45, 2.75) is 11.3 Å². The van der Waals surface area contributed by atoms with E-state index in [9.17, 15) is 4.79 Å². The van der Waals surface area contributed by atoms with E-state index in [2.05, 4.69) is 22.4 Å². The van der Waals surface area contributed by atoms with Gasteiger partial charge in [-0.2, -0.15) is 0 Å². The highest BCUT2D eigenvalue weighted by molar-refractivity contribution is 7.99. The van der Waals surface area contributed by atoms with Crippen LogP contribution in [0.1, 0.15) is 12.0 Å². The summed E-state index contributed by atoms with van der Waals surface area (Å²) in [6.07, 6.45) is 7.69. The Morgan fingerprint density at radius 1 is 1.19 bits per heavy atom. The zero-order valence-corrected chi connectivity index (χ0v) is 12.6. The molecule has 0 bridgehead atoms. The average Bonchev–Trinajstić information content (AvgIpc) is 2.54. The highest BCUT2D eigenvalue weighted by atomic mass is 32.2. The topological polar surface area (TPSA) is 42.0 Å². The fourth-order valence-electron chi connectivity index (χ4n) is 1.70. The molecule has 21 heavy (non-hydrogen) atoms. The summed E-state index contributed by atoms with van der Waals surface area (Å²) in [5.41, 5.74) is 0.923. The van der Waals surface area contributed by atoms with Gasteiger partial charge >= 0.3 is 0 Å². The molecule has 0 radical (unpaired) electrons. The maximum atomic E-state index is 11.6. The van der Waals surface area contributed by atoms with Crippen molar-refractivity contribution in [3.8, 4) is 0 Å². The van der Waals surface area contributed by atoms with Crippen LogP contribution < -0.4 is 5.32 Å². The van der Waals surface area contributed by atoms with E-state index in [1.807, 2.05) is 30.3 Å². The molecule has 2 aromatic rings. The Labute approximate surface area is 129 Å². The van der Waals surface area contributed by atoms with Crippen molar-refractivity contribution >= 4 is 23.7 Å². The van der Waals surface area contributed by atoms with Gasteiger partial charge in [-0.15, -0.1) is 11.8 Å². The number of carbonyl (C=O) groups is 1. The minimum absolute atomic E-state index is 0.0661. The quantitative estimate of drug-likeness (QED) is 0.484. The first-order chi connectivity index (χ1) is 10.3. The lowest BCUT2D eigenvalue weighted by molar-refractivity contribution is -0.116. The van der Waals surface area contributed by atoms with Gasteiger partial charge in [-0.05, 0) is 42.0 Å². The molecule has 0 saturated heterocycles. The summed E-state index contributed by atoms with van der Waals surface area (Å²) in [4.78, 5) is 16.9. The van der Waals surface area contributed by atoms with Crippen molar-refractivity contribution in [1.29, 1.82) is 0 Å². The molecule has 1 heterocycles. The van der Waals surface area contributed by atoms with Crippen molar-refractivity contribution in [1.82, 2.24) is 10.3 Å². The van der Waals surface area contributed by atoms with Gasteiger partial charge in [0.15, 0.2) is 0 Å². The monoisotopic (exact) mass is 298 g/mol. The lowest BCUT2D eigenvalue weighted by Gasteiger charge is -2.02. The van der Waals surface area contributed by atoms with Gasteiger partial charge in [-0.25, -0.2) is 0 Å². The summed E-state index contributed by atoms with van der Waals surface area (Å²) < 4.78 is 0. The van der Waals surface area contributed by atoms with E-state index in [0.717, 1.165) is 17.7 Å². The zero-order valence-electron chi connectivity index (χ0n) is 11.7. The van der Waals surface area contributed by atoms with Crippen molar-refractivity contribution in [2.24, 2.45) is 0 Å². The van der Waals surface area contributed by atoms with Crippen LogP contribution in [0, 0.1) is 0 Å². The third kappa shape index (κ3) is 6.27. The number of nitrogens with zero attached hydrogens (tertiary/aromatic N) is 1. The van der Waals surface area contributed by atoms with Crippen LogP contribution in [-0.4, -0.2) is 23.2 Å². The van der Waals surface area contributed by atoms with Gasteiger partial charge in [0.05, 0.1) is 0 Å². The van der Waals surface area contributed by atoms with E-state index in [4.69, 9.17) is 0 Å². The molecule has 2 rings (SSSR count). The van der Waals surface area contributed by atoms with Crippen molar-refractivity contribution in [3.05, 3.63) is 66.5 Å². The lowest BCUT2D eigenvalue weighted by Crippen LogP contribution is -2.22.